The molecule has 2 N–H and O–H groups in total. The van der Waals surface area contributed by atoms with Gasteiger partial charge in [0.2, 0.25) is 10.0 Å². The Labute approximate surface area is 109 Å². The average molecular weight is 287 g/mol. The highest BCUT2D eigenvalue weighted by Gasteiger charge is 2.16. The zero-order valence-corrected chi connectivity index (χ0v) is 11.3. The first-order chi connectivity index (χ1) is 8.53. The van der Waals surface area contributed by atoms with E-state index in [-0.39, 0.29) is 17.4 Å². The van der Waals surface area contributed by atoms with Gasteiger partial charge in [-0.05, 0) is 18.2 Å². The second-order valence-electron chi connectivity index (χ2n) is 3.65. The SMILES string of the molecule is Cn1nccc1CNS(=O)(=O)c1ccc(CO)s1. The molecule has 0 bridgehead atoms. The molecule has 2 rings (SSSR count). The topological polar surface area (TPSA) is 84.2 Å². The standard InChI is InChI=1S/C10H13N3O3S2/c1-13-8(4-5-11-13)6-12-18(15,16)10-3-2-9(7-14)17-10/h2-5,12,14H,6-7H2,1H3. The lowest BCUT2D eigenvalue weighted by molar-refractivity contribution is 0.285. The van der Waals surface area contributed by atoms with E-state index in [0.29, 0.717) is 4.88 Å². The molecule has 0 fully saturated rings. The van der Waals surface area contributed by atoms with Crippen molar-refractivity contribution in [3.05, 3.63) is 35.0 Å². The first-order valence-corrected chi connectivity index (χ1v) is 7.49. The summed E-state index contributed by atoms with van der Waals surface area (Å²) in [4.78, 5) is 0.621. The molecule has 2 aromatic heterocycles. The van der Waals surface area contributed by atoms with Gasteiger partial charge >= 0.3 is 0 Å². The average Bonchev–Trinajstić information content (AvgIpc) is 2.95. The number of aliphatic hydroxyl groups is 1. The van der Waals surface area contributed by atoms with E-state index in [9.17, 15) is 8.42 Å². The molecule has 0 spiro atoms. The highest BCUT2D eigenvalue weighted by Crippen LogP contribution is 2.21. The van der Waals surface area contributed by atoms with Crippen LogP contribution in [0.1, 0.15) is 10.6 Å². The fourth-order valence-electron chi connectivity index (χ4n) is 1.40. The molecule has 0 radical (unpaired) electrons. The van der Waals surface area contributed by atoms with Crippen LogP contribution >= 0.6 is 11.3 Å². The van der Waals surface area contributed by atoms with Crippen LogP contribution in [0.4, 0.5) is 0 Å². The molecule has 8 heteroatoms. The molecule has 0 aliphatic rings. The summed E-state index contributed by atoms with van der Waals surface area (Å²) >= 11 is 1.06. The lowest BCUT2D eigenvalue weighted by Crippen LogP contribution is -2.23. The zero-order chi connectivity index (χ0) is 13.2. The van der Waals surface area contributed by atoms with E-state index in [0.717, 1.165) is 17.0 Å². The molecule has 98 valence electrons. The van der Waals surface area contributed by atoms with Crippen LogP contribution in [0.3, 0.4) is 0 Å². The molecule has 18 heavy (non-hydrogen) atoms. The van der Waals surface area contributed by atoms with Gasteiger partial charge in [-0.1, -0.05) is 0 Å². The number of sulfonamides is 1. The maximum atomic E-state index is 12.0. The fourth-order valence-corrected chi connectivity index (χ4v) is 3.66. The van der Waals surface area contributed by atoms with Crippen molar-refractivity contribution >= 4 is 21.4 Å². The Morgan fingerprint density at radius 2 is 2.22 bits per heavy atom. The van der Waals surface area contributed by atoms with E-state index in [1.54, 1.807) is 30.1 Å². The molecule has 6 nitrogen and oxygen atoms in total. The van der Waals surface area contributed by atoms with Gasteiger partial charge in [-0.3, -0.25) is 4.68 Å². The van der Waals surface area contributed by atoms with Crippen molar-refractivity contribution in [2.45, 2.75) is 17.4 Å². The van der Waals surface area contributed by atoms with Crippen molar-refractivity contribution in [3.8, 4) is 0 Å². The Bertz CT molecular complexity index is 630. The summed E-state index contributed by atoms with van der Waals surface area (Å²) in [5.74, 6) is 0. The lowest BCUT2D eigenvalue weighted by atomic mass is 10.4. The first-order valence-electron chi connectivity index (χ1n) is 5.19. The number of nitrogens with one attached hydrogen (secondary N) is 1. The van der Waals surface area contributed by atoms with Crippen LogP contribution in [-0.4, -0.2) is 23.3 Å². The monoisotopic (exact) mass is 287 g/mol. The van der Waals surface area contributed by atoms with Gasteiger partial charge in [0.15, 0.2) is 0 Å². The predicted molar refractivity (Wildman–Crippen MR) is 67.5 cm³/mol. The van der Waals surface area contributed by atoms with Crippen LogP contribution < -0.4 is 4.72 Å². The van der Waals surface area contributed by atoms with E-state index < -0.39 is 10.0 Å². The maximum Gasteiger partial charge on any atom is 0.250 e. The first kappa shape index (κ1) is 13.2. The Hall–Kier alpha value is -1.22. The zero-order valence-electron chi connectivity index (χ0n) is 9.70. The number of thiophene rings is 1. The molecule has 0 saturated carbocycles. The summed E-state index contributed by atoms with van der Waals surface area (Å²) in [6.45, 7) is 0.0348. The third-order valence-electron chi connectivity index (χ3n) is 2.42. The second kappa shape index (κ2) is 5.19. The smallest absolute Gasteiger partial charge is 0.250 e. The van der Waals surface area contributed by atoms with Gasteiger partial charge in [0.25, 0.3) is 0 Å². The van der Waals surface area contributed by atoms with Crippen LogP contribution in [0.25, 0.3) is 0 Å². The van der Waals surface area contributed by atoms with Gasteiger partial charge < -0.3 is 5.11 Å². The van der Waals surface area contributed by atoms with Crippen molar-refractivity contribution in [2.24, 2.45) is 7.05 Å². The van der Waals surface area contributed by atoms with Gasteiger partial charge in [0.05, 0.1) is 18.8 Å². The Balaban J connectivity index is 2.10. The van der Waals surface area contributed by atoms with Gasteiger partial charge in [0, 0.05) is 18.1 Å². The Morgan fingerprint density at radius 3 is 2.78 bits per heavy atom. The van der Waals surface area contributed by atoms with E-state index in [1.807, 2.05) is 0 Å². The largest absolute Gasteiger partial charge is 0.391 e. The Kier molecular flexibility index (Phi) is 3.81. The van der Waals surface area contributed by atoms with Crippen LogP contribution in [0.2, 0.25) is 0 Å². The number of rotatable bonds is 5. The number of aliphatic hydroxyl groups excluding tert-OH is 1. The van der Waals surface area contributed by atoms with Crippen molar-refractivity contribution in [1.29, 1.82) is 0 Å². The molecular weight excluding hydrogens is 274 g/mol. The van der Waals surface area contributed by atoms with Crippen molar-refractivity contribution in [3.63, 3.8) is 0 Å². The molecule has 0 aliphatic carbocycles. The van der Waals surface area contributed by atoms with Crippen LogP contribution in [-0.2, 0) is 30.2 Å². The number of aromatic nitrogens is 2. The van der Waals surface area contributed by atoms with Crippen molar-refractivity contribution in [2.75, 3.05) is 0 Å². The third kappa shape index (κ3) is 2.78. The minimum Gasteiger partial charge on any atom is -0.391 e. The molecule has 0 aliphatic heterocycles. The molecule has 0 aromatic carbocycles. The van der Waals surface area contributed by atoms with Crippen LogP contribution in [0, 0.1) is 0 Å². The number of hydrogen-bond donors (Lipinski definition) is 2. The normalized spacial score (nSPS) is 11.9. The quantitative estimate of drug-likeness (QED) is 0.836. The molecule has 0 unspecified atom stereocenters. The van der Waals surface area contributed by atoms with E-state index in [4.69, 9.17) is 5.11 Å². The van der Waals surface area contributed by atoms with E-state index >= 15 is 0 Å². The Morgan fingerprint density at radius 1 is 1.44 bits per heavy atom. The number of hydrogen-bond acceptors (Lipinski definition) is 5. The summed E-state index contributed by atoms with van der Waals surface area (Å²) < 4.78 is 28.2. The van der Waals surface area contributed by atoms with Crippen LogP contribution in [0.5, 0.6) is 0 Å². The minimum absolute atomic E-state index is 0.151. The number of nitrogens with zero attached hydrogens (tertiary/aromatic N) is 2. The summed E-state index contributed by atoms with van der Waals surface area (Å²) in [6, 6.07) is 4.83. The summed E-state index contributed by atoms with van der Waals surface area (Å²) in [5.41, 5.74) is 0.775. The fraction of sp³-hybridized carbons (Fsp3) is 0.300. The molecule has 2 aromatic rings. The summed E-state index contributed by atoms with van der Waals surface area (Å²) in [5, 5.41) is 12.9. The van der Waals surface area contributed by atoms with E-state index in [1.165, 1.54) is 6.07 Å². The van der Waals surface area contributed by atoms with Crippen LogP contribution in [0.15, 0.2) is 28.6 Å². The maximum absolute atomic E-state index is 12.0. The van der Waals surface area contributed by atoms with Crippen molar-refractivity contribution < 1.29 is 13.5 Å². The van der Waals surface area contributed by atoms with Crippen molar-refractivity contribution in [1.82, 2.24) is 14.5 Å². The highest BCUT2D eigenvalue weighted by molar-refractivity contribution is 7.91. The molecule has 0 amide bonds. The third-order valence-corrected chi connectivity index (χ3v) is 5.39. The second-order valence-corrected chi connectivity index (χ2v) is 6.81. The molecule has 2 heterocycles. The summed E-state index contributed by atoms with van der Waals surface area (Å²) in [7, 11) is -1.78. The molecule has 0 saturated heterocycles. The summed E-state index contributed by atoms with van der Waals surface area (Å²) in [6.07, 6.45) is 1.61. The minimum atomic E-state index is -3.53. The highest BCUT2D eigenvalue weighted by atomic mass is 32.2. The predicted octanol–water partition coefficient (Wildman–Crippen LogP) is 0.452. The van der Waals surface area contributed by atoms with Gasteiger partial charge in [-0.15, -0.1) is 11.3 Å². The molecule has 0 atom stereocenters. The van der Waals surface area contributed by atoms with Gasteiger partial charge in [0.1, 0.15) is 4.21 Å². The van der Waals surface area contributed by atoms with E-state index in [2.05, 4.69) is 9.82 Å². The lowest BCUT2D eigenvalue weighted by Gasteiger charge is -2.04. The van der Waals surface area contributed by atoms with Gasteiger partial charge in [-0.25, -0.2) is 13.1 Å². The number of aryl methyl sites for hydroxylation is 1. The van der Waals surface area contributed by atoms with Gasteiger partial charge in [-0.2, -0.15) is 5.10 Å². The molecular formula is C10H13N3O3S2.